The van der Waals surface area contributed by atoms with Gasteiger partial charge in [0.1, 0.15) is 12.2 Å². The quantitative estimate of drug-likeness (QED) is 0.269. The molecule has 3 heterocycles. The molecule has 46 heavy (non-hydrogen) atoms. The number of fused-ring (bicyclic) bond motifs is 1. The first-order valence-corrected chi connectivity index (χ1v) is 15.6. The number of hydrogen-bond donors (Lipinski definition) is 3. The number of rotatable bonds is 12. The number of methoxy groups -OCH3 is 1. The van der Waals surface area contributed by atoms with E-state index in [0.717, 1.165) is 12.0 Å². The zero-order valence-electron chi connectivity index (χ0n) is 26.6. The number of imidazole rings is 1. The Bertz CT molecular complexity index is 1470. The molecule has 6 atom stereocenters. The van der Waals surface area contributed by atoms with Crippen molar-refractivity contribution in [1.29, 1.82) is 0 Å². The lowest BCUT2D eigenvalue weighted by Crippen LogP contribution is -2.51. The van der Waals surface area contributed by atoms with Gasteiger partial charge in [-0.3, -0.25) is 4.79 Å². The third-order valence-corrected chi connectivity index (χ3v) is 8.97. The lowest BCUT2D eigenvalue weighted by molar-refractivity contribution is -0.190. The molecule has 3 aromatic rings. The van der Waals surface area contributed by atoms with E-state index >= 15 is 0 Å². The van der Waals surface area contributed by atoms with Crippen molar-refractivity contribution in [3.05, 3.63) is 42.2 Å². The molecule has 0 radical (unpaired) electrons. The summed E-state index contributed by atoms with van der Waals surface area (Å²) in [6.45, 7) is 3.21. The fourth-order valence-electron chi connectivity index (χ4n) is 6.57. The number of nitrogens with zero attached hydrogens (tertiary/aromatic N) is 7. The molecule has 0 bridgehead atoms. The summed E-state index contributed by atoms with van der Waals surface area (Å²) in [5, 5.41) is 25.6. The molecule has 3 N–H and O–H groups in total. The Morgan fingerprint density at radius 1 is 1.17 bits per heavy atom. The minimum atomic E-state index is -5.11. The average molecular weight is 649 g/mol. The van der Waals surface area contributed by atoms with E-state index in [1.165, 1.54) is 6.33 Å². The van der Waals surface area contributed by atoms with Crippen LogP contribution in [-0.4, -0.2) is 129 Å². The highest BCUT2D eigenvalue weighted by Crippen LogP contribution is 2.38. The van der Waals surface area contributed by atoms with Gasteiger partial charge in [0.05, 0.1) is 31.1 Å². The number of ether oxygens (including phenoxy) is 1. The first-order valence-electron chi connectivity index (χ1n) is 15.6. The number of hydrogen-bond acceptors (Lipinski definition) is 10. The van der Waals surface area contributed by atoms with Crippen LogP contribution in [0.25, 0.3) is 11.2 Å². The van der Waals surface area contributed by atoms with Gasteiger partial charge in [0.15, 0.2) is 17.0 Å². The number of aliphatic hydroxyl groups excluding tert-OH is 2. The Morgan fingerprint density at radius 3 is 2.54 bits per heavy atom. The van der Waals surface area contributed by atoms with Crippen molar-refractivity contribution >= 4 is 28.8 Å². The monoisotopic (exact) mass is 648 g/mol. The number of halogens is 3. The molecule has 1 aromatic carbocycles. The van der Waals surface area contributed by atoms with E-state index in [1.807, 2.05) is 44.4 Å². The van der Waals surface area contributed by atoms with Crippen molar-refractivity contribution in [2.45, 2.75) is 75.2 Å². The molecule has 2 fully saturated rings. The lowest BCUT2D eigenvalue weighted by atomic mass is 10.1. The molecule has 1 aliphatic carbocycles. The third-order valence-electron chi connectivity index (χ3n) is 8.97. The summed E-state index contributed by atoms with van der Waals surface area (Å²) >= 11 is 0. The van der Waals surface area contributed by atoms with Crippen LogP contribution in [0.1, 0.15) is 37.8 Å². The second kappa shape index (κ2) is 14.1. The summed E-state index contributed by atoms with van der Waals surface area (Å²) in [5.74, 6) is -1.14. The molecule has 1 aliphatic heterocycles. The zero-order chi connectivity index (χ0) is 33.2. The molecular formula is C31H43F3N8O4. The molecule has 2 aliphatic rings. The number of aliphatic hydroxyl groups is 2. The highest BCUT2D eigenvalue weighted by Gasteiger charge is 2.51. The molecule has 12 nitrogen and oxygen atoms in total. The number of carbonyl (C=O) groups is 1. The van der Waals surface area contributed by atoms with Gasteiger partial charge < -0.3 is 39.5 Å². The molecule has 2 aromatic heterocycles. The Balaban J connectivity index is 1.53. The molecule has 15 heteroatoms. The second-order valence-corrected chi connectivity index (χ2v) is 12.4. The number of nitrogens with one attached hydrogen (secondary N) is 1. The zero-order valence-corrected chi connectivity index (χ0v) is 26.6. The average Bonchev–Trinajstić information content (AvgIpc) is 3.74. The van der Waals surface area contributed by atoms with Crippen LogP contribution < -0.4 is 10.2 Å². The van der Waals surface area contributed by atoms with Crippen molar-refractivity contribution in [2.24, 2.45) is 0 Å². The maximum absolute atomic E-state index is 13.5. The minimum Gasteiger partial charge on any atom is -0.388 e. The largest absolute Gasteiger partial charge is 0.471 e. The Morgan fingerprint density at radius 2 is 1.91 bits per heavy atom. The smallest absolute Gasteiger partial charge is 0.388 e. The SMILES string of the molecule is CCCN(C(=O)C(F)(F)F)[C@H]1C[C@@H](n2cnc3c(N[C@H](COC)Cc4ccccc4)nc(N4CC[C@@H](N(C)C)C4)nc32)[C@H](O)[C@@H]1O. The lowest BCUT2D eigenvalue weighted by Gasteiger charge is -2.31. The second-order valence-electron chi connectivity index (χ2n) is 12.4. The molecular weight excluding hydrogens is 605 g/mol. The molecule has 1 saturated heterocycles. The van der Waals surface area contributed by atoms with Gasteiger partial charge in [-0.15, -0.1) is 0 Å². The van der Waals surface area contributed by atoms with Gasteiger partial charge in [-0.2, -0.15) is 23.1 Å². The number of aromatic nitrogens is 4. The molecule has 0 unspecified atom stereocenters. The third kappa shape index (κ3) is 7.06. The van der Waals surface area contributed by atoms with Crippen molar-refractivity contribution < 1.29 is 32.9 Å². The Hall–Kier alpha value is -3.53. The van der Waals surface area contributed by atoms with Gasteiger partial charge >= 0.3 is 12.1 Å². The Labute approximate surface area is 266 Å². The first kappa shape index (κ1) is 33.8. The molecule has 5 rings (SSSR count). The van der Waals surface area contributed by atoms with Gasteiger partial charge in [-0.1, -0.05) is 37.3 Å². The minimum absolute atomic E-state index is 0.121. The molecule has 252 valence electrons. The summed E-state index contributed by atoms with van der Waals surface area (Å²) in [5.41, 5.74) is 1.86. The maximum Gasteiger partial charge on any atom is 0.471 e. The summed E-state index contributed by atoms with van der Waals surface area (Å²) in [7, 11) is 5.66. The van der Waals surface area contributed by atoms with Gasteiger partial charge in [-0.05, 0) is 45.3 Å². The van der Waals surface area contributed by atoms with Gasteiger partial charge in [0.2, 0.25) is 5.95 Å². The predicted octanol–water partition coefficient (Wildman–Crippen LogP) is 2.47. The number of amides is 1. The fraction of sp³-hybridized carbons (Fsp3) is 0.613. The van der Waals surface area contributed by atoms with Gasteiger partial charge in [0.25, 0.3) is 0 Å². The van der Waals surface area contributed by atoms with E-state index in [4.69, 9.17) is 14.7 Å². The first-order chi connectivity index (χ1) is 21.9. The van der Waals surface area contributed by atoms with E-state index in [1.54, 1.807) is 18.6 Å². The summed E-state index contributed by atoms with van der Waals surface area (Å²) in [6, 6.07) is 7.91. The van der Waals surface area contributed by atoms with Crippen molar-refractivity contribution in [1.82, 2.24) is 29.3 Å². The van der Waals surface area contributed by atoms with E-state index in [-0.39, 0.29) is 25.4 Å². The van der Waals surface area contributed by atoms with Crippen LogP contribution >= 0.6 is 0 Å². The van der Waals surface area contributed by atoms with E-state index in [2.05, 4.69) is 20.1 Å². The van der Waals surface area contributed by atoms with Crippen molar-refractivity contribution in [2.75, 3.05) is 57.7 Å². The standard InChI is InChI=1S/C31H43F3N8O4/c1-5-12-41(29(45)31(32,33)34)22-15-23(26(44)25(22)43)42-18-35-24-27(36-20(17-46-4)14-19-9-7-6-8-10-19)37-30(38-28(24)42)40-13-11-21(16-40)39(2)3/h6-10,18,20-23,25-26,43-44H,5,11-17H2,1-4H3,(H,36,37,38)/t20-,21+,22-,23+,25+,26-/m0/s1. The van der Waals surface area contributed by atoms with Crippen LogP contribution in [0.3, 0.4) is 0 Å². The van der Waals surface area contributed by atoms with Crippen LogP contribution in [0.15, 0.2) is 36.7 Å². The Kier molecular flexibility index (Phi) is 10.3. The van der Waals surface area contributed by atoms with Crippen molar-refractivity contribution in [3.8, 4) is 0 Å². The summed E-state index contributed by atoms with van der Waals surface area (Å²) < 4.78 is 47.6. The predicted molar refractivity (Wildman–Crippen MR) is 167 cm³/mol. The molecule has 0 spiro atoms. The maximum atomic E-state index is 13.5. The molecule has 1 saturated carbocycles. The topological polar surface area (TPSA) is 132 Å². The van der Waals surface area contributed by atoms with Crippen LogP contribution in [0.2, 0.25) is 0 Å². The van der Waals surface area contributed by atoms with E-state index in [9.17, 15) is 28.2 Å². The van der Waals surface area contributed by atoms with Gasteiger partial charge in [-0.25, -0.2) is 4.98 Å². The molecule has 1 amide bonds. The highest BCUT2D eigenvalue weighted by atomic mass is 19.4. The number of carbonyl (C=O) groups excluding carboxylic acids is 1. The van der Waals surface area contributed by atoms with Crippen LogP contribution in [0, 0.1) is 0 Å². The van der Waals surface area contributed by atoms with Crippen molar-refractivity contribution in [3.63, 3.8) is 0 Å². The number of anilines is 2. The fourth-order valence-corrected chi connectivity index (χ4v) is 6.57. The highest BCUT2D eigenvalue weighted by molar-refractivity contribution is 5.85. The van der Waals surface area contributed by atoms with Crippen LogP contribution in [-0.2, 0) is 16.0 Å². The summed E-state index contributed by atoms with van der Waals surface area (Å²) in [6.07, 6.45) is -5.04. The number of likely N-dealkylation sites (N-methyl/N-ethyl adjacent to an activating group) is 1. The number of benzene rings is 1. The van der Waals surface area contributed by atoms with E-state index < -0.39 is 36.4 Å². The summed E-state index contributed by atoms with van der Waals surface area (Å²) in [4.78, 5) is 31.5. The van der Waals surface area contributed by atoms with E-state index in [0.29, 0.717) is 60.0 Å². The van der Waals surface area contributed by atoms with Crippen LogP contribution in [0.4, 0.5) is 24.9 Å². The van der Waals surface area contributed by atoms with Gasteiger partial charge in [0, 0.05) is 32.8 Å². The number of alkyl halides is 3. The normalized spacial score (nSPS) is 24.2. The van der Waals surface area contributed by atoms with Crippen LogP contribution in [0.5, 0.6) is 0 Å².